The molecule has 0 aliphatic rings. The Morgan fingerprint density at radius 1 is 1.59 bits per heavy atom. The lowest BCUT2D eigenvalue weighted by Crippen LogP contribution is -2.42. The van der Waals surface area contributed by atoms with Crippen molar-refractivity contribution in [1.29, 1.82) is 0 Å². The summed E-state index contributed by atoms with van der Waals surface area (Å²) < 4.78 is 5.44. The minimum Gasteiger partial charge on any atom is -0.464 e. The summed E-state index contributed by atoms with van der Waals surface area (Å²) in [6, 6.07) is 3.35. The van der Waals surface area contributed by atoms with E-state index in [1.54, 1.807) is 4.90 Å². The molecular weight excluding hydrogens is 220 g/mol. The maximum Gasteiger partial charge on any atom is 0.318 e. The first-order chi connectivity index (χ1) is 8.08. The first-order valence-electron chi connectivity index (χ1n) is 5.81. The third-order valence-corrected chi connectivity index (χ3v) is 2.57. The maximum atomic E-state index is 11.8. The van der Waals surface area contributed by atoms with Gasteiger partial charge in [0.25, 0.3) is 0 Å². The van der Waals surface area contributed by atoms with Gasteiger partial charge in [-0.3, -0.25) is 0 Å². The van der Waals surface area contributed by atoms with Crippen LogP contribution in [0, 0.1) is 6.92 Å². The third kappa shape index (κ3) is 3.78. The highest BCUT2D eigenvalue weighted by molar-refractivity contribution is 5.74. The zero-order chi connectivity index (χ0) is 12.8. The van der Waals surface area contributed by atoms with Gasteiger partial charge in [-0.2, -0.15) is 0 Å². The number of aliphatic hydroxyl groups excluding tert-OH is 1. The molecule has 1 aromatic heterocycles. The van der Waals surface area contributed by atoms with E-state index < -0.39 is 0 Å². The Kier molecular flexibility index (Phi) is 5.03. The number of nitrogens with zero attached hydrogens (tertiary/aromatic N) is 1. The molecule has 0 fully saturated rings. The highest BCUT2D eigenvalue weighted by Crippen LogP contribution is 2.15. The number of aryl methyl sites for hydroxylation is 1. The van der Waals surface area contributed by atoms with Gasteiger partial charge in [-0.05, 0) is 32.9 Å². The molecular formula is C12H20N2O3. The molecule has 0 bridgehead atoms. The molecule has 0 spiro atoms. The second kappa shape index (κ2) is 6.30. The predicted octanol–water partition coefficient (Wildman–Crippen LogP) is 1.67. The second-order valence-electron chi connectivity index (χ2n) is 3.92. The van der Waals surface area contributed by atoms with Crippen molar-refractivity contribution in [2.75, 3.05) is 19.7 Å². The van der Waals surface area contributed by atoms with Crippen LogP contribution in [0.1, 0.15) is 31.4 Å². The zero-order valence-corrected chi connectivity index (χ0v) is 10.6. The van der Waals surface area contributed by atoms with Crippen LogP contribution >= 0.6 is 0 Å². The lowest BCUT2D eigenvalue weighted by Gasteiger charge is -2.22. The highest BCUT2D eigenvalue weighted by Gasteiger charge is 2.16. The van der Waals surface area contributed by atoms with Gasteiger partial charge in [0, 0.05) is 13.1 Å². The van der Waals surface area contributed by atoms with Crippen LogP contribution in [0.5, 0.6) is 0 Å². The summed E-state index contributed by atoms with van der Waals surface area (Å²) in [6.45, 7) is 6.47. The molecule has 0 saturated carbocycles. The topological polar surface area (TPSA) is 65.7 Å². The van der Waals surface area contributed by atoms with Crippen LogP contribution in [0.4, 0.5) is 4.79 Å². The second-order valence-corrected chi connectivity index (χ2v) is 3.92. The lowest BCUT2D eigenvalue weighted by molar-refractivity contribution is 0.176. The Morgan fingerprint density at radius 3 is 2.76 bits per heavy atom. The summed E-state index contributed by atoms with van der Waals surface area (Å²) >= 11 is 0. The fraction of sp³-hybridized carbons (Fsp3) is 0.583. The molecule has 96 valence electrons. The van der Waals surface area contributed by atoms with Crippen LogP contribution in [0.15, 0.2) is 16.5 Å². The average Bonchev–Trinajstić information content (AvgIpc) is 2.72. The summed E-state index contributed by atoms with van der Waals surface area (Å²) in [5.41, 5.74) is 0. The molecule has 1 unspecified atom stereocenters. The van der Waals surface area contributed by atoms with Gasteiger partial charge in [0.05, 0.1) is 12.6 Å². The fourth-order valence-corrected chi connectivity index (χ4v) is 1.56. The summed E-state index contributed by atoms with van der Waals surface area (Å²) in [4.78, 5) is 13.4. The minimum absolute atomic E-state index is 0.0322. The van der Waals surface area contributed by atoms with E-state index in [4.69, 9.17) is 9.52 Å². The van der Waals surface area contributed by atoms with E-state index in [2.05, 4.69) is 5.32 Å². The molecule has 0 aliphatic carbocycles. The summed E-state index contributed by atoms with van der Waals surface area (Å²) in [7, 11) is 0. The number of amides is 2. The number of hydrogen-bond donors (Lipinski definition) is 2. The molecule has 0 saturated heterocycles. The summed E-state index contributed by atoms with van der Waals surface area (Å²) in [5, 5.41) is 11.7. The first-order valence-corrected chi connectivity index (χ1v) is 5.81. The van der Waals surface area contributed by atoms with Gasteiger partial charge in [-0.1, -0.05) is 0 Å². The number of nitrogens with one attached hydrogen (secondary N) is 1. The van der Waals surface area contributed by atoms with Crippen molar-refractivity contribution >= 4 is 6.03 Å². The van der Waals surface area contributed by atoms with Crippen LogP contribution in [0.3, 0.4) is 0 Å². The van der Waals surface area contributed by atoms with Crippen molar-refractivity contribution in [3.05, 3.63) is 23.7 Å². The average molecular weight is 240 g/mol. The molecule has 17 heavy (non-hydrogen) atoms. The zero-order valence-electron chi connectivity index (χ0n) is 10.6. The fourth-order valence-electron chi connectivity index (χ4n) is 1.56. The molecule has 5 nitrogen and oxygen atoms in total. The highest BCUT2D eigenvalue weighted by atomic mass is 16.3. The van der Waals surface area contributed by atoms with E-state index in [1.165, 1.54) is 0 Å². The smallest absolute Gasteiger partial charge is 0.318 e. The molecule has 1 heterocycles. The third-order valence-electron chi connectivity index (χ3n) is 2.57. The Morgan fingerprint density at radius 2 is 2.29 bits per heavy atom. The van der Waals surface area contributed by atoms with Crippen LogP contribution in [-0.2, 0) is 0 Å². The van der Waals surface area contributed by atoms with Crippen molar-refractivity contribution in [1.82, 2.24) is 10.2 Å². The van der Waals surface area contributed by atoms with Crippen LogP contribution in [0.25, 0.3) is 0 Å². The number of rotatable bonds is 5. The number of carbonyl (C=O) groups is 1. The predicted molar refractivity (Wildman–Crippen MR) is 64.7 cm³/mol. The van der Waals surface area contributed by atoms with Gasteiger partial charge in [-0.25, -0.2) is 4.79 Å². The van der Waals surface area contributed by atoms with E-state index in [1.807, 2.05) is 32.9 Å². The lowest BCUT2D eigenvalue weighted by atomic mass is 10.2. The van der Waals surface area contributed by atoms with Gasteiger partial charge in [0.2, 0.25) is 0 Å². The van der Waals surface area contributed by atoms with Crippen molar-refractivity contribution in [2.45, 2.75) is 26.8 Å². The molecule has 1 rings (SSSR count). The normalized spacial score (nSPS) is 12.2. The molecule has 1 atom stereocenters. The molecule has 2 amide bonds. The maximum absolute atomic E-state index is 11.8. The SMILES string of the molecule is CCN(CCO)C(=O)NC(C)c1ccc(C)o1. The van der Waals surface area contributed by atoms with Crippen molar-refractivity contribution in [2.24, 2.45) is 0 Å². The van der Waals surface area contributed by atoms with Gasteiger partial charge < -0.3 is 19.7 Å². The van der Waals surface area contributed by atoms with E-state index in [9.17, 15) is 4.79 Å². The van der Waals surface area contributed by atoms with Crippen molar-refractivity contribution in [3.63, 3.8) is 0 Å². The Bertz CT molecular complexity index is 362. The number of hydrogen-bond acceptors (Lipinski definition) is 3. The van der Waals surface area contributed by atoms with Crippen LogP contribution in [-0.4, -0.2) is 35.7 Å². The van der Waals surface area contributed by atoms with Gasteiger partial charge in [0.15, 0.2) is 0 Å². The van der Waals surface area contributed by atoms with E-state index >= 15 is 0 Å². The molecule has 0 radical (unpaired) electrons. The van der Waals surface area contributed by atoms with Gasteiger partial charge in [-0.15, -0.1) is 0 Å². The van der Waals surface area contributed by atoms with Gasteiger partial charge >= 0.3 is 6.03 Å². The number of aliphatic hydroxyl groups is 1. The molecule has 0 aromatic carbocycles. The van der Waals surface area contributed by atoms with Crippen molar-refractivity contribution < 1.29 is 14.3 Å². The van der Waals surface area contributed by atoms with Crippen LogP contribution < -0.4 is 5.32 Å². The first kappa shape index (κ1) is 13.6. The molecule has 0 aliphatic heterocycles. The largest absolute Gasteiger partial charge is 0.464 e. The molecule has 1 aromatic rings. The Balaban J connectivity index is 2.55. The van der Waals surface area contributed by atoms with E-state index in [-0.39, 0.29) is 18.7 Å². The quantitative estimate of drug-likeness (QED) is 0.822. The van der Waals surface area contributed by atoms with E-state index in [0.29, 0.717) is 13.1 Å². The minimum atomic E-state index is -0.192. The Hall–Kier alpha value is -1.49. The number of urea groups is 1. The number of carbonyl (C=O) groups excluding carboxylic acids is 1. The summed E-state index contributed by atoms with van der Waals surface area (Å²) in [5.74, 6) is 1.56. The molecule has 2 N–H and O–H groups in total. The van der Waals surface area contributed by atoms with Gasteiger partial charge in [0.1, 0.15) is 11.5 Å². The van der Waals surface area contributed by atoms with Crippen molar-refractivity contribution in [3.8, 4) is 0 Å². The van der Waals surface area contributed by atoms with E-state index in [0.717, 1.165) is 11.5 Å². The number of likely N-dealkylation sites (N-methyl/N-ethyl adjacent to an activating group) is 1. The Labute approximate surface area is 101 Å². The molecule has 5 heteroatoms. The van der Waals surface area contributed by atoms with Crippen LogP contribution in [0.2, 0.25) is 0 Å². The standard InChI is InChI=1S/C12H20N2O3/c1-4-14(7-8-15)12(16)13-10(3)11-6-5-9(2)17-11/h5-6,10,15H,4,7-8H2,1-3H3,(H,13,16). The monoisotopic (exact) mass is 240 g/mol. The summed E-state index contributed by atoms with van der Waals surface area (Å²) in [6.07, 6.45) is 0. The number of furan rings is 1.